The fraction of sp³-hybridized carbons (Fsp3) is 0.500. The van der Waals surface area contributed by atoms with Gasteiger partial charge in [-0.1, -0.05) is 31.4 Å². The van der Waals surface area contributed by atoms with E-state index in [2.05, 4.69) is 0 Å². The first-order chi connectivity index (χ1) is 12.7. The Morgan fingerprint density at radius 3 is 2.23 bits per heavy atom. The van der Waals surface area contributed by atoms with Crippen molar-refractivity contribution in [1.29, 1.82) is 0 Å². The smallest absolute Gasteiger partial charge is 0.278 e. The second kappa shape index (κ2) is 7.19. The first-order valence-corrected chi connectivity index (χ1v) is 9.37. The van der Waals surface area contributed by atoms with Crippen LogP contribution < -0.4 is 0 Å². The average Bonchev–Trinajstić information content (AvgIpc) is 2.94. The molecule has 1 saturated carbocycles. The molecule has 2 amide bonds. The molecule has 6 heteroatoms. The number of carbonyl (C=O) groups excluding carboxylic acids is 2. The molecule has 1 aliphatic carbocycles. The predicted octanol–water partition coefficient (Wildman–Crippen LogP) is 2.57. The highest BCUT2D eigenvalue weighted by atomic mass is 19.1. The van der Waals surface area contributed by atoms with E-state index in [1.54, 1.807) is 12.1 Å². The molecule has 1 aromatic rings. The van der Waals surface area contributed by atoms with Crippen molar-refractivity contribution >= 4 is 17.4 Å². The molecule has 0 aromatic heterocycles. The van der Waals surface area contributed by atoms with Gasteiger partial charge >= 0.3 is 0 Å². The Hall–Kier alpha value is -2.21. The van der Waals surface area contributed by atoms with Crippen molar-refractivity contribution in [2.75, 3.05) is 26.3 Å². The lowest BCUT2D eigenvalue weighted by atomic mass is 9.94. The molecular formula is C20H23FN2O3. The Kier molecular flexibility index (Phi) is 4.76. The zero-order valence-corrected chi connectivity index (χ0v) is 14.7. The molecule has 26 heavy (non-hydrogen) atoms. The minimum atomic E-state index is -0.358. The van der Waals surface area contributed by atoms with E-state index in [0.29, 0.717) is 43.1 Å². The number of morpholine rings is 1. The van der Waals surface area contributed by atoms with Crippen LogP contribution in [0.15, 0.2) is 30.0 Å². The van der Waals surface area contributed by atoms with Crippen LogP contribution >= 0.6 is 0 Å². The van der Waals surface area contributed by atoms with E-state index in [4.69, 9.17) is 4.74 Å². The maximum atomic E-state index is 13.4. The highest BCUT2D eigenvalue weighted by Crippen LogP contribution is 2.36. The quantitative estimate of drug-likeness (QED) is 0.780. The molecule has 0 spiro atoms. The lowest BCUT2D eigenvalue weighted by Gasteiger charge is -2.32. The van der Waals surface area contributed by atoms with Crippen LogP contribution in [0.1, 0.15) is 37.7 Å². The van der Waals surface area contributed by atoms with Gasteiger partial charge in [0.25, 0.3) is 11.8 Å². The van der Waals surface area contributed by atoms with Crippen LogP contribution in [0.5, 0.6) is 0 Å². The van der Waals surface area contributed by atoms with Crippen molar-refractivity contribution in [2.24, 2.45) is 0 Å². The van der Waals surface area contributed by atoms with Gasteiger partial charge in [-0.2, -0.15) is 0 Å². The van der Waals surface area contributed by atoms with Gasteiger partial charge in [0.2, 0.25) is 0 Å². The number of ether oxygens (including phenoxy) is 1. The second-order valence-corrected chi connectivity index (χ2v) is 7.10. The van der Waals surface area contributed by atoms with E-state index in [0.717, 1.165) is 32.1 Å². The summed E-state index contributed by atoms with van der Waals surface area (Å²) in [5, 5.41) is 0. The fourth-order valence-corrected chi connectivity index (χ4v) is 4.16. The highest BCUT2D eigenvalue weighted by Gasteiger charge is 2.45. The van der Waals surface area contributed by atoms with Crippen molar-refractivity contribution in [2.45, 2.75) is 38.1 Å². The fourth-order valence-electron chi connectivity index (χ4n) is 4.16. The number of imide groups is 1. The number of amides is 2. The SMILES string of the molecule is O=C1C(c2ccc(F)cc2)=C(N2CCOCC2)C(=O)N1C1CCCCC1. The van der Waals surface area contributed by atoms with Gasteiger partial charge < -0.3 is 9.64 Å². The minimum absolute atomic E-state index is 0.0299. The first kappa shape index (κ1) is 17.2. The largest absolute Gasteiger partial charge is 0.378 e. The standard InChI is InChI=1S/C20H23FN2O3/c21-15-8-6-14(7-9-15)17-18(22-10-12-26-13-11-22)20(25)23(19(17)24)16-4-2-1-3-5-16/h6-9,16H,1-5,10-13H2. The molecule has 1 saturated heterocycles. The van der Waals surface area contributed by atoms with E-state index in [1.807, 2.05) is 4.90 Å². The number of rotatable bonds is 3. The molecule has 2 heterocycles. The van der Waals surface area contributed by atoms with E-state index in [1.165, 1.54) is 17.0 Å². The summed E-state index contributed by atoms with van der Waals surface area (Å²) in [6, 6.07) is 5.81. The number of benzene rings is 1. The third kappa shape index (κ3) is 3.03. The summed E-state index contributed by atoms with van der Waals surface area (Å²) in [4.78, 5) is 29.9. The molecule has 0 bridgehead atoms. The third-order valence-corrected chi connectivity index (χ3v) is 5.49. The van der Waals surface area contributed by atoms with Crippen LogP contribution in [0.25, 0.3) is 5.57 Å². The number of hydrogen-bond acceptors (Lipinski definition) is 4. The summed E-state index contributed by atoms with van der Waals surface area (Å²) in [6.45, 7) is 2.23. The Morgan fingerprint density at radius 2 is 1.58 bits per heavy atom. The molecule has 1 aromatic carbocycles. The zero-order chi connectivity index (χ0) is 18.1. The van der Waals surface area contributed by atoms with Gasteiger partial charge in [0, 0.05) is 19.1 Å². The monoisotopic (exact) mass is 358 g/mol. The van der Waals surface area contributed by atoms with Crippen LogP contribution in [0.3, 0.4) is 0 Å². The van der Waals surface area contributed by atoms with Crippen LogP contribution in [0.2, 0.25) is 0 Å². The molecule has 138 valence electrons. The molecular weight excluding hydrogens is 335 g/mol. The van der Waals surface area contributed by atoms with Gasteiger partial charge in [-0.25, -0.2) is 4.39 Å². The maximum absolute atomic E-state index is 13.4. The Bertz CT molecular complexity index is 732. The van der Waals surface area contributed by atoms with Crippen molar-refractivity contribution in [3.05, 3.63) is 41.3 Å². The minimum Gasteiger partial charge on any atom is -0.378 e. The molecule has 2 fully saturated rings. The Balaban J connectivity index is 1.74. The van der Waals surface area contributed by atoms with E-state index < -0.39 is 0 Å². The maximum Gasteiger partial charge on any atom is 0.278 e. The summed E-state index contributed by atoms with van der Waals surface area (Å²) in [5.41, 5.74) is 1.46. The van der Waals surface area contributed by atoms with Gasteiger partial charge in [0.1, 0.15) is 11.5 Å². The number of halogens is 1. The zero-order valence-electron chi connectivity index (χ0n) is 14.7. The van der Waals surface area contributed by atoms with Crippen LogP contribution in [-0.2, 0) is 14.3 Å². The number of carbonyl (C=O) groups is 2. The van der Waals surface area contributed by atoms with Crippen LogP contribution in [-0.4, -0.2) is 54.0 Å². The topological polar surface area (TPSA) is 49.9 Å². The summed E-state index contributed by atoms with van der Waals surface area (Å²) in [5.74, 6) is -0.804. The number of hydrogen-bond donors (Lipinski definition) is 0. The van der Waals surface area contributed by atoms with Crippen molar-refractivity contribution in [3.63, 3.8) is 0 Å². The van der Waals surface area contributed by atoms with E-state index in [-0.39, 0.29) is 23.7 Å². The van der Waals surface area contributed by atoms with E-state index >= 15 is 0 Å². The van der Waals surface area contributed by atoms with Crippen LogP contribution in [0.4, 0.5) is 4.39 Å². The molecule has 5 nitrogen and oxygen atoms in total. The molecule has 0 unspecified atom stereocenters. The highest BCUT2D eigenvalue weighted by molar-refractivity contribution is 6.35. The van der Waals surface area contributed by atoms with Crippen molar-refractivity contribution < 1.29 is 18.7 Å². The van der Waals surface area contributed by atoms with Gasteiger partial charge in [0.05, 0.1) is 18.8 Å². The summed E-state index contributed by atoms with van der Waals surface area (Å²) in [6.07, 6.45) is 4.97. The Labute approximate surface area is 152 Å². The first-order valence-electron chi connectivity index (χ1n) is 9.37. The van der Waals surface area contributed by atoms with Crippen molar-refractivity contribution in [1.82, 2.24) is 9.80 Å². The molecule has 0 N–H and O–H groups in total. The third-order valence-electron chi connectivity index (χ3n) is 5.49. The lowest BCUT2D eigenvalue weighted by Crippen LogP contribution is -2.45. The Morgan fingerprint density at radius 1 is 0.923 bits per heavy atom. The van der Waals surface area contributed by atoms with E-state index in [9.17, 15) is 14.0 Å². The summed E-state index contributed by atoms with van der Waals surface area (Å²) in [7, 11) is 0. The molecule has 0 atom stereocenters. The van der Waals surface area contributed by atoms with Crippen LogP contribution in [0, 0.1) is 5.82 Å². The second-order valence-electron chi connectivity index (χ2n) is 7.10. The number of nitrogens with zero attached hydrogens (tertiary/aromatic N) is 2. The predicted molar refractivity (Wildman–Crippen MR) is 94.4 cm³/mol. The summed E-state index contributed by atoms with van der Waals surface area (Å²) < 4.78 is 18.8. The van der Waals surface area contributed by atoms with Gasteiger partial charge in [-0.05, 0) is 30.5 Å². The van der Waals surface area contributed by atoms with Crippen molar-refractivity contribution in [3.8, 4) is 0 Å². The molecule has 4 rings (SSSR count). The molecule has 2 aliphatic heterocycles. The average molecular weight is 358 g/mol. The van der Waals surface area contributed by atoms with Gasteiger partial charge in [-0.3, -0.25) is 14.5 Å². The lowest BCUT2D eigenvalue weighted by molar-refractivity contribution is -0.141. The van der Waals surface area contributed by atoms with Gasteiger partial charge in [-0.15, -0.1) is 0 Å². The molecule has 0 radical (unpaired) electrons. The molecule has 3 aliphatic rings. The summed E-state index contributed by atoms with van der Waals surface area (Å²) >= 11 is 0. The normalized spacial score (nSPS) is 22.5. The van der Waals surface area contributed by atoms with Gasteiger partial charge in [0.15, 0.2) is 0 Å².